The van der Waals surface area contributed by atoms with Gasteiger partial charge in [0.1, 0.15) is 0 Å². The first-order chi connectivity index (χ1) is 19.0. The highest BCUT2D eigenvalue weighted by Crippen LogP contribution is 2.31. The summed E-state index contributed by atoms with van der Waals surface area (Å²) in [4.78, 5) is 28.7. The van der Waals surface area contributed by atoms with Gasteiger partial charge >= 0.3 is 6.18 Å². The third-order valence-corrected chi connectivity index (χ3v) is 7.39. The number of piperazine rings is 1. The molecule has 0 spiro atoms. The molecule has 13 heteroatoms. The lowest BCUT2D eigenvalue weighted by Crippen LogP contribution is -2.47. The maximum absolute atomic E-state index is 14.9. The van der Waals surface area contributed by atoms with Gasteiger partial charge in [0, 0.05) is 56.3 Å². The topological polar surface area (TPSA) is 76.7 Å². The minimum atomic E-state index is -4.23. The Morgan fingerprint density at radius 1 is 1.05 bits per heavy atom. The van der Waals surface area contributed by atoms with Crippen LogP contribution in [-0.4, -0.2) is 68.7 Å². The van der Waals surface area contributed by atoms with Crippen LogP contribution in [0.25, 0.3) is 0 Å². The number of rotatable bonds is 9. The average molecular weight is 588 g/mol. The molecule has 0 unspecified atom stereocenters. The van der Waals surface area contributed by atoms with Crippen molar-refractivity contribution in [2.75, 3.05) is 56.0 Å². The van der Waals surface area contributed by atoms with Crippen molar-refractivity contribution in [3.05, 3.63) is 58.1 Å². The van der Waals surface area contributed by atoms with E-state index in [9.17, 15) is 31.5 Å². The number of carbonyl (C=O) groups excluding carboxylic acids is 2. The molecule has 4 rings (SSSR count). The molecule has 2 aliphatic heterocycles. The maximum Gasteiger partial charge on any atom is 0.390 e. The highest BCUT2D eigenvalue weighted by Gasteiger charge is 2.29. The molecule has 7 nitrogen and oxygen atoms in total. The van der Waals surface area contributed by atoms with Gasteiger partial charge in [-0.05, 0) is 49.7 Å². The Bertz CT molecular complexity index is 1210. The third kappa shape index (κ3) is 8.05. The standard InChI is InChI=1S/C27H31ClF5N5O2/c28-19-2-4-21(22(14-19)38-11-9-37(10-12-38)8-6-27(31,32)33)36-26(40)20-3-1-18(24(29)25(20)30)16-35-23(39)13-17-5-7-34-15-17/h1-4,14,17,34H,5-13,15-16H2,(H,35,39)(H,36,40)/t17-/m0/s1. The zero-order chi connectivity index (χ0) is 28.9. The molecule has 2 saturated heterocycles. The molecular weight excluding hydrogens is 557 g/mol. The molecule has 1 atom stereocenters. The van der Waals surface area contributed by atoms with Crippen molar-refractivity contribution in [1.82, 2.24) is 15.5 Å². The van der Waals surface area contributed by atoms with Gasteiger partial charge in [-0.2, -0.15) is 13.2 Å². The fourth-order valence-corrected chi connectivity index (χ4v) is 5.04. The summed E-state index contributed by atoms with van der Waals surface area (Å²) in [6.07, 6.45) is -3.94. The lowest BCUT2D eigenvalue weighted by Gasteiger charge is -2.37. The molecular formula is C27H31ClF5N5O2. The van der Waals surface area contributed by atoms with E-state index in [0.717, 1.165) is 25.6 Å². The Balaban J connectivity index is 1.39. The summed E-state index contributed by atoms with van der Waals surface area (Å²) in [6, 6.07) is 7.08. The second-order valence-electron chi connectivity index (χ2n) is 10.0. The highest BCUT2D eigenvalue weighted by atomic mass is 35.5. The number of carbonyl (C=O) groups is 2. The van der Waals surface area contributed by atoms with Crippen molar-refractivity contribution in [3.8, 4) is 0 Å². The second kappa shape index (κ2) is 13.1. The Morgan fingerprint density at radius 2 is 1.80 bits per heavy atom. The second-order valence-corrected chi connectivity index (χ2v) is 10.5. The Kier molecular flexibility index (Phi) is 9.85. The monoisotopic (exact) mass is 587 g/mol. The van der Waals surface area contributed by atoms with Gasteiger partial charge in [0.15, 0.2) is 11.6 Å². The van der Waals surface area contributed by atoms with E-state index in [0.29, 0.717) is 49.0 Å². The smallest absolute Gasteiger partial charge is 0.367 e. The van der Waals surface area contributed by atoms with Crippen LogP contribution < -0.4 is 20.9 Å². The first kappa shape index (κ1) is 30.0. The van der Waals surface area contributed by atoms with Crippen molar-refractivity contribution in [2.24, 2.45) is 5.92 Å². The molecule has 40 heavy (non-hydrogen) atoms. The zero-order valence-corrected chi connectivity index (χ0v) is 22.5. The molecule has 0 saturated carbocycles. The molecule has 218 valence electrons. The number of nitrogens with one attached hydrogen (secondary N) is 3. The maximum atomic E-state index is 14.9. The van der Waals surface area contributed by atoms with Crippen molar-refractivity contribution in [2.45, 2.75) is 32.0 Å². The Hall–Kier alpha value is -2.96. The molecule has 2 amide bonds. The van der Waals surface area contributed by atoms with E-state index in [1.54, 1.807) is 11.0 Å². The van der Waals surface area contributed by atoms with Gasteiger partial charge in [-0.15, -0.1) is 0 Å². The van der Waals surface area contributed by atoms with Crippen LogP contribution in [0, 0.1) is 17.6 Å². The van der Waals surface area contributed by atoms with Gasteiger partial charge in [0.05, 0.1) is 23.4 Å². The lowest BCUT2D eigenvalue weighted by molar-refractivity contribution is -0.138. The lowest BCUT2D eigenvalue weighted by atomic mass is 10.0. The van der Waals surface area contributed by atoms with Gasteiger partial charge in [0.25, 0.3) is 5.91 Å². The molecule has 0 aromatic heterocycles. The van der Waals surface area contributed by atoms with Gasteiger partial charge in [-0.3, -0.25) is 14.5 Å². The molecule has 2 aromatic rings. The minimum Gasteiger partial charge on any atom is -0.367 e. The molecule has 0 bridgehead atoms. The summed E-state index contributed by atoms with van der Waals surface area (Å²) in [6.45, 7) is 2.83. The van der Waals surface area contributed by atoms with Gasteiger partial charge in [-0.1, -0.05) is 17.7 Å². The van der Waals surface area contributed by atoms with Crippen molar-refractivity contribution in [1.29, 1.82) is 0 Å². The van der Waals surface area contributed by atoms with Crippen LogP contribution in [0.4, 0.5) is 33.3 Å². The van der Waals surface area contributed by atoms with E-state index in [2.05, 4.69) is 16.0 Å². The largest absolute Gasteiger partial charge is 0.390 e. The molecule has 0 aliphatic carbocycles. The average Bonchev–Trinajstić information content (AvgIpc) is 3.42. The number of hydrogen-bond donors (Lipinski definition) is 3. The van der Waals surface area contributed by atoms with Gasteiger partial charge in [-0.25, -0.2) is 8.78 Å². The van der Waals surface area contributed by atoms with Gasteiger partial charge in [0.2, 0.25) is 5.91 Å². The van der Waals surface area contributed by atoms with Gasteiger partial charge < -0.3 is 20.9 Å². The van der Waals surface area contributed by atoms with Crippen molar-refractivity contribution < 1.29 is 31.5 Å². The minimum absolute atomic E-state index is 0.0810. The Labute approximate surface area is 234 Å². The number of hydrogen-bond acceptors (Lipinski definition) is 5. The molecule has 3 N–H and O–H groups in total. The number of benzene rings is 2. The number of alkyl halides is 3. The molecule has 2 aromatic carbocycles. The SMILES string of the molecule is O=C(C[C@@H]1CCNC1)NCc1ccc(C(=O)Nc2ccc(Cl)cc2N2CCN(CCC(F)(F)F)CC2)c(F)c1F. The van der Waals surface area contributed by atoms with Crippen molar-refractivity contribution in [3.63, 3.8) is 0 Å². The van der Waals surface area contributed by atoms with Crippen LogP contribution in [0.1, 0.15) is 35.2 Å². The molecule has 2 fully saturated rings. The number of anilines is 2. The van der Waals surface area contributed by atoms with E-state index < -0.39 is 35.7 Å². The summed E-state index contributed by atoms with van der Waals surface area (Å²) in [5, 5.41) is 8.74. The van der Waals surface area contributed by atoms with E-state index >= 15 is 0 Å². The van der Waals surface area contributed by atoms with Crippen molar-refractivity contribution >= 4 is 34.8 Å². The first-order valence-electron chi connectivity index (χ1n) is 13.1. The van der Waals surface area contributed by atoms with E-state index in [1.807, 2.05) is 4.90 Å². The zero-order valence-electron chi connectivity index (χ0n) is 21.7. The summed E-state index contributed by atoms with van der Waals surface area (Å²) in [5.41, 5.74) is 0.231. The fraction of sp³-hybridized carbons (Fsp3) is 0.481. The van der Waals surface area contributed by atoms with E-state index in [-0.39, 0.29) is 30.5 Å². The van der Waals surface area contributed by atoms with Crippen LogP contribution in [0.5, 0.6) is 0 Å². The number of nitrogens with zero attached hydrogens (tertiary/aromatic N) is 2. The predicted octanol–water partition coefficient (Wildman–Crippen LogP) is 4.56. The summed E-state index contributed by atoms with van der Waals surface area (Å²) >= 11 is 6.16. The normalized spacial score (nSPS) is 18.1. The first-order valence-corrected chi connectivity index (χ1v) is 13.5. The van der Waals surface area contributed by atoms with Crippen LogP contribution in [0.15, 0.2) is 30.3 Å². The summed E-state index contributed by atoms with van der Waals surface area (Å²) in [7, 11) is 0. The van der Waals surface area contributed by atoms with Crippen LogP contribution in [0.2, 0.25) is 5.02 Å². The van der Waals surface area contributed by atoms with Crippen LogP contribution in [-0.2, 0) is 11.3 Å². The molecule has 2 aliphatic rings. The van der Waals surface area contributed by atoms with E-state index in [1.165, 1.54) is 18.2 Å². The van der Waals surface area contributed by atoms with Crippen LogP contribution >= 0.6 is 11.6 Å². The number of halogens is 6. The van der Waals surface area contributed by atoms with E-state index in [4.69, 9.17) is 11.6 Å². The fourth-order valence-electron chi connectivity index (χ4n) is 4.88. The predicted molar refractivity (Wildman–Crippen MR) is 143 cm³/mol. The highest BCUT2D eigenvalue weighted by molar-refractivity contribution is 6.31. The third-order valence-electron chi connectivity index (χ3n) is 7.15. The number of amides is 2. The quantitative estimate of drug-likeness (QED) is 0.375. The molecule has 0 radical (unpaired) electrons. The summed E-state index contributed by atoms with van der Waals surface area (Å²) in [5.74, 6) is -3.48. The van der Waals surface area contributed by atoms with Crippen LogP contribution in [0.3, 0.4) is 0 Å². The molecule has 2 heterocycles. The Morgan fingerprint density at radius 3 is 2.48 bits per heavy atom. The summed E-state index contributed by atoms with van der Waals surface area (Å²) < 4.78 is 67.4.